The highest BCUT2D eigenvalue weighted by atomic mass is 19.1. The van der Waals surface area contributed by atoms with E-state index in [0.29, 0.717) is 99.6 Å². The molecule has 8 rings (SSSR count). The Morgan fingerprint density at radius 2 is 1.66 bits per heavy atom. The van der Waals surface area contributed by atoms with Gasteiger partial charge < -0.3 is 29.9 Å². The lowest BCUT2D eigenvalue weighted by Crippen LogP contribution is -2.54. The zero-order valence-electron chi connectivity index (χ0n) is 32.3. The second-order valence-electron chi connectivity index (χ2n) is 15.6. The summed E-state index contributed by atoms with van der Waals surface area (Å²) >= 11 is 0. The van der Waals surface area contributed by atoms with E-state index in [9.17, 15) is 23.6 Å². The number of piperazine rings is 1. The highest BCUT2D eigenvalue weighted by Crippen LogP contribution is 2.31. The molecule has 1 atom stereocenters. The van der Waals surface area contributed by atoms with Crippen molar-refractivity contribution in [3.8, 4) is 11.3 Å². The maximum atomic E-state index is 15.2. The predicted octanol–water partition coefficient (Wildman–Crippen LogP) is 5.13. The minimum Gasteiger partial charge on any atom is -0.449 e. The largest absolute Gasteiger partial charge is 0.449 e. The smallest absolute Gasteiger partial charge is 0.414 e. The second-order valence-corrected chi connectivity index (χ2v) is 15.6. The third-order valence-corrected chi connectivity index (χ3v) is 11.8. The number of cyclic esters (lactones) is 1. The number of benzene rings is 2. The first-order chi connectivity index (χ1) is 28.2. The standard InChI is InChI=1S/C41H49F2N9O6/c42-32-24-28(45-34-10-12-36(53)47-38(34)54)7-11-35(32)50-20-18-49(19-21-50)29-13-16-51(17-14-29)40(55)58-31-8-5-27(6-9-31)46-39-44-25-33(43)37(48-39)26-3-1-4-30(23-26)52-15-2-22-57-41(52)56/h1,3-4,7,11,23-25,27,29,31,34,45H,2,5-6,8-10,12-22H2,(H,44,46,48)(H,47,53,54)/t27-,31-,34?. The van der Waals surface area contributed by atoms with Crippen LogP contribution in [0.25, 0.3) is 11.3 Å². The van der Waals surface area contributed by atoms with Gasteiger partial charge in [-0.25, -0.2) is 28.3 Å². The molecule has 5 heterocycles. The van der Waals surface area contributed by atoms with Crippen molar-refractivity contribution < 1.29 is 37.4 Å². The van der Waals surface area contributed by atoms with Gasteiger partial charge in [0.1, 0.15) is 23.7 Å². The molecule has 1 aliphatic carbocycles. The Morgan fingerprint density at radius 1 is 0.862 bits per heavy atom. The van der Waals surface area contributed by atoms with Crippen LogP contribution in [0.1, 0.15) is 57.8 Å². The summed E-state index contributed by atoms with van der Waals surface area (Å²) in [5.41, 5.74) is 2.30. The Hall–Kier alpha value is -5.58. The van der Waals surface area contributed by atoms with Gasteiger partial charge in [-0.2, -0.15) is 0 Å². The van der Waals surface area contributed by atoms with Crippen LogP contribution in [0.2, 0.25) is 0 Å². The Kier molecular flexibility index (Phi) is 11.8. The normalized spacial score (nSPS) is 23.6. The summed E-state index contributed by atoms with van der Waals surface area (Å²) in [6.07, 6.45) is 6.13. The molecule has 3 N–H and O–H groups in total. The number of likely N-dealkylation sites (tertiary alicyclic amines) is 1. The number of amides is 4. The topological polar surface area (TPSA) is 162 Å². The Morgan fingerprint density at radius 3 is 2.40 bits per heavy atom. The molecule has 5 aliphatic rings. The summed E-state index contributed by atoms with van der Waals surface area (Å²) in [6.45, 7) is 5.08. The minimum absolute atomic E-state index is 0.0387. The first-order valence-corrected chi connectivity index (χ1v) is 20.3. The molecule has 4 saturated heterocycles. The van der Waals surface area contributed by atoms with Crippen molar-refractivity contribution in [3.05, 3.63) is 60.3 Å². The van der Waals surface area contributed by atoms with Crippen molar-refractivity contribution >= 4 is 47.0 Å². The van der Waals surface area contributed by atoms with E-state index < -0.39 is 23.9 Å². The quantitative estimate of drug-likeness (QED) is 0.245. The molecule has 4 aliphatic heterocycles. The second kappa shape index (κ2) is 17.5. The molecule has 0 radical (unpaired) electrons. The number of rotatable bonds is 9. The third-order valence-electron chi connectivity index (χ3n) is 11.8. The summed E-state index contributed by atoms with van der Waals surface area (Å²) in [7, 11) is 0. The molecule has 1 aromatic heterocycles. The van der Waals surface area contributed by atoms with Crippen LogP contribution in [-0.2, 0) is 19.1 Å². The molecule has 58 heavy (non-hydrogen) atoms. The van der Waals surface area contributed by atoms with Crippen molar-refractivity contribution in [1.82, 2.24) is 25.1 Å². The Bertz CT molecular complexity index is 2000. The van der Waals surface area contributed by atoms with Gasteiger partial charge in [0.05, 0.1) is 18.5 Å². The molecule has 5 fully saturated rings. The fourth-order valence-electron chi connectivity index (χ4n) is 8.60. The Labute approximate surface area is 335 Å². The zero-order valence-corrected chi connectivity index (χ0v) is 32.3. The van der Waals surface area contributed by atoms with E-state index in [2.05, 4.69) is 30.8 Å². The van der Waals surface area contributed by atoms with E-state index in [1.807, 2.05) is 4.90 Å². The van der Waals surface area contributed by atoms with Gasteiger partial charge in [-0.15, -0.1) is 0 Å². The lowest BCUT2D eigenvalue weighted by Gasteiger charge is -2.43. The van der Waals surface area contributed by atoms with Gasteiger partial charge in [-0.05, 0) is 81.7 Å². The molecule has 17 heteroatoms. The summed E-state index contributed by atoms with van der Waals surface area (Å²) in [6, 6.07) is 11.7. The Balaban J connectivity index is 0.754. The molecule has 0 bridgehead atoms. The van der Waals surface area contributed by atoms with Gasteiger partial charge in [0, 0.05) is 81.3 Å². The highest BCUT2D eigenvalue weighted by molar-refractivity contribution is 6.01. The maximum Gasteiger partial charge on any atom is 0.414 e. The number of aromatic nitrogens is 2. The number of piperidine rings is 2. The van der Waals surface area contributed by atoms with E-state index >= 15 is 4.39 Å². The van der Waals surface area contributed by atoms with Crippen molar-refractivity contribution in [2.45, 2.75) is 82.0 Å². The minimum atomic E-state index is -0.572. The van der Waals surface area contributed by atoms with Crippen LogP contribution in [0.4, 0.5) is 41.4 Å². The number of halogens is 2. The van der Waals surface area contributed by atoms with E-state index in [4.69, 9.17) is 9.47 Å². The van der Waals surface area contributed by atoms with Crippen molar-refractivity contribution in [1.29, 1.82) is 0 Å². The summed E-state index contributed by atoms with van der Waals surface area (Å²) in [5.74, 6) is -1.30. The average molecular weight is 802 g/mol. The van der Waals surface area contributed by atoms with Gasteiger partial charge in [0.2, 0.25) is 17.8 Å². The first-order valence-electron chi connectivity index (χ1n) is 20.3. The molecule has 308 valence electrons. The number of hydrogen-bond acceptors (Lipinski definition) is 12. The fourth-order valence-corrected chi connectivity index (χ4v) is 8.60. The van der Waals surface area contributed by atoms with Gasteiger partial charge in [-0.3, -0.25) is 24.7 Å². The monoisotopic (exact) mass is 801 g/mol. The van der Waals surface area contributed by atoms with E-state index in [1.165, 1.54) is 11.0 Å². The van der Waals surface area contributed by atoms with E-state index in [1.54, 1.807) is 41.3 Å². The van der Waals surface area contributed by atoms with Gasteiger partial charge in [0.25, 0.3) is 0 Å². The first kappa shape index (κ1) is 39.3. The molecular formula is C41H49F2N9O6. The van der Waals surface area contributed by atoms with Crippen LogP contribution < -0.4 is 25.8 Å². The molecule has 1 unspecified atom stereocenters. The number of imide groups is 1. The maximum absolute atomic E-state index is 15.2. The third kappa shape index (κ3) is 9.09. The summed E-state index contributed by atoms with van der Waals surface area (Å²) in [4.78, 5) is 65.4. The van der Waals surface area contributed by atoms with Crippen LogP contribution in [0.15, 0.2) is 48.7 Å². The number of ether oxygens (including phenoxy) is 2. The molecule has 3 aromatic rings. The lowest BCUT2D eigenvalue weighted by molar-refractivity contribution is -0.133. The number of anilines is 4. The average Bonchev–Trinajstić information content (AvgIpc) is 3.24. The van der Waals surface area contributed by atoms with Crippen LogP contribution in [0.5, 0.6) is 0 Å². The summed E-state index contributed by atoms with van der Waals surface area (Å²) in [5, 5.41) is 8.68. The molecule has 15 nitrogen and oxygen atoms in total. The van der Waals surface area contributed by atoms with E-state index in [-0.39, 0.29) is 42.1 Å². The van der Waals surface area contributed by atoms with Gasteiger partial charge in [0.15, 0.2) is 5.82 Å². The number of carbonyl (C=O) groups is 4. The molecule has 4 amide bonds. The number of nitrogens with one attached hydrogen (secondary N) is 3. The molecule has 2 aromatic carbocycles. The molecule has 1 saturated carbocycles. The van der Waals surface area contributed by atoms with Crippen molar-refractivity contribution in [2.24, 2.45) is 0 Å². The van der Waals surface area contributed by atoms with Crippen LogP contribution in [-0.4, -0.2) is 120 Å². The number of hydrogen-bond donors (Lipinski definition) is 3. The lowest BCUT2D eigenvalue weighted by atomic mass is 9.93. The fraction of sp³-hybridized carbons (Fsp3) is 0.512. The van der Waals surface area contributed by atoms with Gasteiger partial charge >= 0.3 is 12.2 Å². The van der Waals surface area contributed by atoms with Gasteiger partial charge in [-0.1, -0.05) is 12.1 Å². The molecule has 0 spiro atoms. The van der Waals surface area contributed by atoms with Crippen LogP contribution in [0.3, 0.4) is 0 Å². The van der Waals surface area contributed by atoms with E-state index in [0.717, 1.165) is 45.0 Å². The van der Waals surface area contributed by atoms with Crippen molar-refractivity contribution in [2.75, 3.05) is 72.9 Å². The molecular weight excluding hydrogens is 753 g/mol. The number of carbonyl (C=O) groups excluding carboxylic acids is 4. The SMILES string of the molecule is O=C1CCC(Nc2ccc(N3CCN(C4CCN(C(=O)O[C@H]5CC[C@H](Nc6ncc(F)c(-c7cccc(N8CCCOC8=O)c7)n6)CC5)CC4)CC3)c(F)c2)C(=O)N1. The summed E-state index contributed by atoms with van der Waals surface area (Å²) < 4.78 is 41.3. The van der Waals surface area contributed by atoms with Crippen LogP contribution >= 0.6 is 0 Å². The number of nitrogens with zero attached hydrogens (tertiary/aromatic N) is 6. The highest BCUT2D eigenvalue weighted by Gasteiger charge is 2.33. The van der Waals surface area contributed by atoms with Crippen LogP contribution in [0, 0.1) is 11.6 Å². The zero-order chi connectivity index (χ0) is 40.2. The van der Waals surface area contributed by atoms with Crippen molar-refractivity contribution in [3.63, 3.8) is 0 Å². The predicted molar refractivity (Wildman–Crippen MR) is 211 cm³/mol.